The van der Waals surface area contributed by atoms with Gasteiger partial charge in [0.1, 0.15) is 0 Å². The van der Waals surface area contributed by atoms with Crippen LogP contribution in [0.25, 0.3) is 5.69 Å². The van der Waals surface area contributed by atoms with Gasteiger partial charge in [-0.15, -0.1) is 0 Å². The summed E-state index contributed by atoms with van der Waals surface area (Å²) in [4.78, 5) is 12.1. The van der Waals surface area contributed by atoms with Gasteiger partial charge in [0, 0.05) is 5.69 Å². The molecule has 23 heavy (non-hydrogen) atoms. The predicted octanol–water partition coefficient (Wildman–Crippen LogP) is 3.50. The Labute approximate surface area is 133 Å². The smallest absolute Gasteiger partial charge is 0.228 e. The fraction of sp³-hybridized carbons (Fsp3) is 0.111. The number of amides is 1. The van der Waals surface area contributed by atoms with Gasteiger partial charge in [-0.05, 0) is 42.3 Å². The van der Waals surface area contributed by atoms with Gasteiger partial charge < -0.3 is 5.32 Å². The molecule has 4 nitrogen and oxygen atoms in total. The number of benzene rings is 2. The van der Waals surface area contributed by atoms with Crippen molar-refractivity contribution in [1.29, 1.82) is 0 Å². The van der Waals surface area contributed by atoms with E-state index in [9.17, 15) is 9.18 Å². The van der Waals surface area contributed by atoms with Gasteiger partial charge in [0.25, 0.3) is 0 Å². The van der Waals surface area contributed by atoms with E-state index in [0.29, 0.717) is 12.1 Å². The molecule has 0 fully saturated rings. The quantitative estimate of drug-likeness (QED) is 0.802. The number of halogens is 1. The lowest BCUT2D eigenvalue weighted by molar-refractivity contribution is -0.115. The third kappa shape index (κ3) is 3.63. The Kier molecular flexibility index (Phi) is 4.19. The molecule has 0 aliphatic rings. The molecule has 0 aliphatic carbocycles. The highest BCUT2D eigenvalue weighted by Crippen LogP contribution is 2.14. The second kappa shape index (κ2) is 6.44. The summed E-state index contributed by atoms with van der Waals surface area (Å²) < 4.78 is 14.4. The van der Waals surface area contributed by atoms with Crippen molar-refractivity contribution in [1.82, 2.24) is 9.78 Å². The van der Waals surface area contributed by atoms with Gasteiger partial charge in [-0.1, -0.05) is 24.3 Å². The minimum Gasteiger partial charge on any atom is -0.326 e. The molecule has 1 heterocycles. The van der Waals surface area contributed by atoms with Crippen molar-refractivity contribution in [3.8, 4) is 5.69 Å². The molecule has 2 aromatic carbocycles. The van der Waals surface area contributed by atoms with Crippen LogP contribution >= 0.6 is 0 Å². The number of rotatable bonds is 4. The van der Waals surface area contributed by atoms with Crippen molar-refractivity contribution in [3.63, 3.8) is 0 Å². The van der Waals surface area contributed by atoms with Crippen LogP contribution in [0, 0.1) is 12.7 Å². The normalized spacial score (nSPS) is 10.5. The molecule has 0 radical (unpaired) electrons. The number of aromatic nitrogens is 2. The Balaban J connectivity index is 1.66. The molecular formula is C18H16FN3O. The number of aryl methyl sites for hydroxylation is 1. The molecule has 0 aliphatic heterocycles. The highest BCUT2D eigenvalue weighted by atomic mass is 19.1. The van der Waals surface area contributed by atoms with E-state index in [2.05, 4.69) is 10.4 Å². The number of carbonyl (C=O) groups is 1. The Bertz CT molecular complexity index is 824. The molecule has 0 spiro atoms. The maximum Gasteiger partial charge on any atom is 0.228 e. The Morgan fingerprint density at radius 3 is 2.57 bits per heavy atom. The predicted molar refractivity (Wildman–Crippen MR) is 87.0 cm³/mol. The first kappa shape index (κ1) is 15.0. The summed E-state index contributed by atoms with van der Waals surface area (Å²) in [5, 5.41) is 6.76. The van der Waals surface area contributed by atoms with Crippen LogP contribution in [0.2, 0.25) is 0 Å². The fourth-order valence-corrected chi connectivity index (χ4v) is 2.33. The number of nitrogens with one attached hydrogen (secondary N) is 1. The van der Waals surface area contributed by atoms with Crippen molar-refractivity contribution in [2.75, 3.05) is 5.32 Å². The summed E-state index contributed by atoms with van der Waals surface area (Å²) in [5.74, 6) is -0.460. The van der Waals surface area contributed by atoms with E-state index in [4.69, 9.17) is 0 Å². The van der Waals surface area contributed by atoms with Gasteiger partial charge in [-0.25, -0.2) is 9.07 Å². The molecule has 0 bridgehead atoms. The molecule has 3 rings (SSSR count). The molecule has 0 unspecified atom stereocenters. The van der Waals surface area contributed by atoms with Crippen LogP contribution in [0.1, 0.15) is 11.1 Å². The highest BCUT2D eigenvalue weighted by molar-refractivity contribution is 5.92. The third-order valence-electron chi connectivity index (χ3n) is 3.58. The topological polar surface area (TPSA) is 46.9 Å². The zero-order valence-corrected chi connectivity index (χ0v) is 12.7. The van der Waals surface area contributed by atoms with Crippen molar-refractivity contribution in [3.05, 3.63) is 77.9 Å². The molecule has 1 amide bonds. The fourth-order valence-electron chi connectivity index (χ4n) is 2.33. The van der Waals surface area contributed by atoms with Crippen LogP contribution in [0.5, 0.6) is 0 Å². The first-order chi connectivity index (χ1) is 11.1. The molecule has 1 N–H and O–H groups in total. The first-order valence-corrected chi connectivity index (χ1v) is 7.27. The highest BCUT2D eigenvalue weighted by Gasteiger charge is 2.06. The molecule has 5 heteroatoms. The Morgan fingerprint density at radius 1 is 1.17 bits per heavy atom. The van der Waals surface area contributed by atoms with Crippen molar-refractivity contribution >= 4 is 11.6 Å². The number of carbonyl (C=O) groups excluding carboxylic acids is 1. The standard InChI is InChI=1S/C18H16FN3O/c1-13-4-2-3-5-14(13)10-18(23)21-16-6-8-17(9-7-16)22-12-15(19)11-20-22/h2-9,11-12H,10H2,1H3,(H,21,23). The second-order valence-electron chi connectivity index (χ2n) is 5.30. The van der Waals surface area contributed by atoms with Crippen molar-refractivity contribution in [2.45, 2.75) is 13.3 Å². The van der Waals surface area contributed by atoms with E-state index < -0.39 is 0 Å². The molecular weight excluding hydrogens is 293 g/mol. The number of anilines is 1. The summed E-state index contributed by atoms with van der Waals surface area (Å²) in [6.45, 7) is 1.99. The Morgan fingerprint density at radius 2 is 1.91 bits per heavy atom. The van der Waals surface area contributed by atoms with Crippen LogP contribution in [0.15, 0.2) is 60.9 Å². The van der Waals surface area contributed by atoms with E-state index >= 15 is 0 Å². The van der Waals surface area contributed by atoms with Crippen LogP contribution in [0.3, 0.4) is 0 Å². The monoisotopic (exact) mass is 309 g/mol. The van der Waals surface area contributed by atoms with E-state index in [-0.39, 0.29) is 11.7 Å². The largest absolute Gasteiger partial charge is 0.326 e. The van der Waals surface area contributed by atoms with Gasteiger partial charge in [0.2, 0.25) is 5.91 Å². The lowest BCUT2D eigenvalue weighted by Crippen LogP contribution is -2.15. The van der Waals surface area contributed by atoms with Gasteiger partial charge in [-0.3, -0.25) is 4.79 Å². The molecule has 0 saturated carbocycles. The average Bonchev–Trinajstić information content (AvgIpc) is 2.97. The van der Waals surface area contributed by atoms with Crippen LogP contribution in [-0.4, -0.2) is 15.7 Å². The minimum absolute atomic E-state index is 0.0721. The van der Waals surface area contributed by atoms with E-state index in [1.807, 2.05) is 31.2 Å². The van der Waals surface area contributed by atoms with Gasteiger partial charge in [0.15, 0.2) is 5.82 Å². The lowest BCUT2D eigenvalue weighted by atomic mass is 10.1. The van der Waals surface area contributed by atoms with Crippen molar-refractivity contribution < 1.29 is 9.18 Å². The zero-order valence-electron chi connectivity index (χ0n) is 12.7. The van der Waals surface area contributed by atoms with E-state index in [1.165, 1.54) is 10.9 Å². The Hall–Kier alpha value is -2.95. The van der Waals surface area contributed by atoms with Crippen LogP contribution in [-0.2, 0) is 11.2 Å². The second-order valence-corrected chi connectivity index (χ2v) is 5.30. The van der Waals surface area contributed by atoms with Crippen LogP contribution in [0.4, 0.5) is 10.1 Å². The van der Waals surface area contributed by atoms with Gasteiger partial charge in [-0.2, -0.15) is 5.10 Å². The number of hydrogen-bond acceptors (Lipinski definition) is 2. The summed E-state index contributed by atoms with van der Waals surface area (Å²) in [6, 6.07) is 14.9. The number of hydrogen-bond donors (Lipinski definition) is 1. The van der Waals surface area contributed by atoms with E-state index in [1.54, 1.807) is 24.3 Å². The van der Waals surface area contributed by atoms with Gasteiger partial charge >= 0.3 is 0 Å². The van der Waals surface area contributed by atoms with E-state index in [0.717, 1.165) is 23.0 Å². The maximum atomic E-state index is 13.0. The first-order valence-electron chi connectivity index (χ1n) is 7.27. The van der Waals surface area contributed by atoms with Crippen LogP contribution < -0.4 is 5.32 Å². The molecule has 0 atom stereocenters. The summed E-state index contributed by atoms with van der Waals surface area (Å²) in [7, 11) is 0. The van der Waals surface area contributed by atoms with Gasteiger partial charge in [0.05, 0.1) is 24.5 Å². The third-order valence-corrected chi connectivity index (χ3v) is 3.58. The lowest BCUT2D eigenvalue weighted by Gasteiger charge is -2.08. The average molecular weight is 309 g/mol. The minimum atomic E-state index is -0.388. The molecule has 0 saturated heterocycles. The zero-order chi connectivity index (χ0) is 16.2. The molecule has 116 valence electrons. The maximum absolute atomic E-state index is 13.0. The number of nitrogens with zero attached hydrogens (tertiary/aromatic N) is 2. The van der Waals surface area contributed by atoms with Crippen molar-refractivity contribution in [2.24, 2.45) is 0 Å². The SMILES string of the molecule is Cc1ccccc1CC(=O)Nc1ccc(-n2cc(F)cn2)cc1. The molecule has 3 aromatic rings. The summed E-state index contributed by atoms with van der Waals surface area (Å²) in [5.41, 5.74) is 3.53. The molecule has 1 aromatic heterocycles. The summed E-state index contributed by atoms with van der Waals surface area (Å²) >= 11 is 0. The summed E-state index contributed by atoms with van der Waals surface area (Å²) in [6.07, 6.45) is 2.78.